The van der Waals surface area contributed by atoms with Gasteiger partial charge in [-0.2, -0.15) is 0 Å². The zero-order valence-corrected chi connectivity index (χ0v) is 24.0. The molecule has 0 bridgehead atoms. The first-order valence-electron chi connectivity index (χ1n) is 14.8. The van der Waals surface area contributed by atoms with Crippen LogP contribution in [0.15, 0.2) is 42.5 Å². The lowest BCUT2D eigenvalue weighted by atomic mass is 9.79. The number of benzene rings is 2. The summed E-state index contributed by atoms with van der Waals surface area (Å²) in [6.45, 7) is 9.10. The van der Waals surface area contributed by atoms with E-state index in [9.17, 15) is 4.79 Å². The number of nitrogens with zero attached hydrogens (tertiary/aromatic N) is 1. The number of hydrogen-bond acceptors (Lipinski definition) is 7. The molecule has 3 atom stereocenters. The zero-order valence-electron chi connectivity index (χ0n) is 24.0. The van der Waals surface area contributed by atoms with Crippen LogP contribution in [0.4, 0.5) is 5.69 Å². The first-order chi connectivity index (χ1) is 19.6. The summed E-state index contributed by atoms with van der Waals surface area (Å²) in [4.78, 5) is 14.1. The fraction of sp³-hybridized carbons (Fsp3) is 0.594. The molecule has 2 aromatic rings. The second kappa shape index (κ2) is 14.3. The number of anilines is 1. The van der Waals surface area contributed by atoms with E-state index in [2.05, 4.69) is 58.0 Å². The van der Waals surface area contributed by atoms with Crippen LogP contribution in [0.2, 0.25) is 0 Å². The molecule has 1 aliphatic carbocycles. The minimum Gasteiger partial charge on any atom is -0.490 e. The first kappa shape index (κ1) is 28.9. The van der Waals surface area contributed by atoms with Crippen molar-refractivity contribution >= 4 is 11.6 Å². The highest BCUT2D eigenvalue weighted by Gasteiger charge is 2.35. The molecule has 218 valence electrons. The van der Waals surface area contributed by atoms with Crippen LogP contribution in [-0.4, -0.2) is 71.7 Å². The van der Waals surface area contributed by atoms with Gasteiger partial charge in [-0.25, -0.2) is 0 Å². The summed E-state index contributed by atoms with van der Waals surface area (Å²) in [6, 6.07) is 15.2. The van der Waals surface area contributed by atoms with Gasteiger partial charge in [0.15, 0.2) is 0 Å². The number of rotatable bonds is 14. The number of nitrogens with one attached hydrogen (secondary N) is 2. The minimum absolute atomic E-state index is 0.00344. The van der Waals surface area contributed by atoms with Gasteiger partial charge in [0, 0.05) is 59.3 Å². The number of methoxy groups -OCH3 is 1. The molecule has 1 amide bonds. The summed E-state index contributed by atoms with van der Waals surface area (Å²) in [5.74, 6) is 2.09. The topological polar surface area (TPSA) is 81.3 Å². The molecule has 2 aliphatic heterocycles. The Labute approximate surface area is 238 Å². The van der Waals surface area contributed by atoms with Crippen molar-refractivity contribution in [1.29, 1.82) is 0 Å². The maximum Gasteiger partial charge on any atom is 0.216 e. The molecule has 5 rings (SSSR count). The Morgan fingerprint density at radius 1 is 1.10 bits per heavy atom. The van der Waals surface area contributed by atoms with Gasteiger partial charge in [-0.1, -0.05) is 30.3 Å². The van der Waals surface area contributed by atoms with Crippen LogP contribution in [0.1, 0.15) is 48.8 Å². The SMILES string of the molecule is COCCCN1CCOc2ccc(CO[C@H]3CNC[C@@H](CNC(C)=O)[C@@H]3c3ccc(COCC4CC4)cc3)cc21. The highest BCUT2D eigenvalue weighted by atomic mass is 16.5. The van der Waals surface area contributed by atoms with Gasteiger partial charge >= 0.3 is 0 Å². The van der Waals surface area contributed by atoms with E-state index in [-0.39, 0.29) is 23.8 Å². The number of carbonyl (C=O) groups excluding carboxylic acids is 1. The van der Waals surface area contributed by atoms with E-state index in [4.69, 9.17) is 18.9 Å². The fourth-order valence-electron chi connectivity index (χ4n) is 5.80. The Morgan fingerprint density at radius 2 is 1.93 bits per heavy atom. The molecule has 3 aliphatic rings. The quantitative estimate of drug-likeness (QED) is 0.345. The standard InChI is InChI=1S/C32H45N3O5/c1-23(36)34-18-28-17-33-19-31(32(28)27-9-6-25(7-10-27)21-38-20-24-4-5-24)40-22-26-8-11-30-29(16-26)35(13-15-39-30)12-3-14-37-2/h6-11,16,24,28,31-33H,3-5,12-15,17-22H2,1-2H3,(H,34,36)/t28-,31-,32-/m0/s1. The molecule has 0 unspecified atom stereocenters. The molecule has 2 N–H and O–H groups in total. The van der Waals surface area contributed by atoms with Gasteiger partial charge in [-0.05, 0) is 59.9 Å². The monoisotopic (exact) mass is 551 g/mol. The van der Waals surface area contributed by atoms with Crippen molar-refractivity contribution < 1.29 is 23.7 Å². The van der Waals surface area contributed by atoms with Gasteiger partial charge in [-0.15, -0.1) is 0 Å². The van der Waals surface area contributed by atoms with Crippen LogP contribution in [0.25, 0.3) is 0 Å². The van der Waals surface area contributed by atoms with Crippen molar-refractivity contribution in [3.63, 3.8) is 0 Å². The molecule has 2 aromatic carbocycles. The third-order valence-corrected chi connectivity index (χ3v) is 8.18. The summed E-state index contributed by atoms with van der Waals surface area (Å²) in [7, 11) is 1.75. The summed E-state index contributed by atoms with van der Waals surface area (Å²) >= 11 is 0. The molecule has 0 aromatic heterocycles. The van der Waals surface area contributed by atoms with Gasteiger partial charge < -0.3 is 34.5 Å². The van der Waals surface area contributed by atoms with Crippen molar-refractivity contribution in [3.05, 3.63) is 59.2 Å². The van der Waals surface area contributed by atoms with Crippen molar-refractivity contribution in [2.75, 3.05) is 64.6 Å². The number of piperidine rings is 1. The summed E-state index contributed by atoms with van der Waals surface area (Å²) in [5.41, 5.74) is 4.70. The molecular weight excluding hydrogens is 506 g/mol. The number of ether oxygens (including phenoxy) is 4. The van der Waals surface area contributed by atoms with Gasteiger partial charge in [0.05, 0.1) is 31.5 Å². The Bertz CT molecular complexity index is 1090. The van der Waals surface area contributed by atoms with Crippen LogP contribution in [0, 0.1) is 11.8 Å². The molecule has 8 heteroatoms. The normalized spacial score (nSPS) is 22.4. The van der Waals surface area contributed by atoms with Crippen molar-refractivity contribution in [1.82, 2.24) is 10.6 Å². The minimum atomic E-state index is -0.0189. The highest BCUT2D eigenvalue weighted by molar-refractivity contribution is 5.72. The van der Waals surface area contributed by atoms with Crippen molar-refractivity contribution in [2.45, 2.75) is 51.4 Å². The second-order valence-corrected chi connectivity index (χ2v) is 11.4. The third-order valence-electron chi connectivity index (χ3n) is 8.18. The summed E-state index contributed by atoms with van der Waals surface area (Å²) in [6.07, 6.45) is 3.57. The Morgan fingerprint density at radius 3 is 2.70 bits per heavy atom. The summed E-state index contributed by atoms with van der Waals surface area (Å²) in [5, 5.41) is 6.59. The zero-order chi connectivity index (χ0) is 27.7. The smallest absolute Gasteiger partial charge is 0.216 e. The molecule has 8 nitrogen and oxygen atoms in total. The van der Waals surface area contributed by atoms with E-state index < -0.39 is 0 Å². The van der Waals surface area contributed by atoms with E-state index in [1.165, 1.54) is 24.0 Å². The predicted molar refractivity (Wildman–Crippen MR) is 156 cm³/mol. The number of carbonyl (C=O) groups is 1. The average Bonchev–Trinajstić information content (AvgIpc) is 3.80. The van der Waals surface area contributed by atoms with E-state index in [0.717, 1.165) is 68.7 Å². The van der Waals surface area contributed by atoms with Crippen molar-refractivity contribution in [2.24, 2.45) is 11.8 Å². The maximum absolute atomic E-state index is 11.7. The lowest BCUT2D eigenvalue weighted by molar-refractivity contribution is -0.119. The lowest BCUT2D eigenvalue weighted by Gasteiger charge is -2.39. The fourth-order valence-corrected chi connectivity index (χ4v) is 5.80. The Kier molecular flexibility index (Phi) is 10.3. The second-order valence-electron chi connectivity index (χ2n) is 11.4. The van der Waals surface area contributed by atoms with Crippen LogP contribution < -0.4 is 20.3 Å². The molecule has 40 heavy (non-hydrogen) atoms. The van der Waals surface area contributed by atoms with Gasteiger partial charge in [-0.3, -0.25) is 4.79 Å². The number of fused-ring (bicyclic) bond motifs is 1. The van der Waals surface area contributed by atoms with Crippen molar-refractivity contribution in [3.8, 4) is 5.75 Å². The van der Waals surface area contributed by atoms with Crippen LogP contribution in [0.3, 0.4) is 0 Å². The maximum atomic E-state index is 11.7. The van der Waals surface area contributed by atoms with Gasteiger partial charge in [0.25, 0.3) is 0 Å². The van der Waals surface area contributed by atoms with E-state index in [0.29, 0.717) is 26.4 Å². The first-order valence-corrected chi connectivity index (χ1v) is 14.8. The molecule has 0 radical (unpaired) electrons. The molecule has 2 fully saturated rings. The van der Waals surface area contributed by atoms with E-state index in [1.54, 1.807) is 14.0 Å². The average molecular weight is 552 g/mol. The lowest BCUT2D eigenvalue weighted by Crippen LogP contribution is -2.50. The highest BCUT2D eigenvalue weighted by Crippen LogP contribution is 2.35. The van der Waals surface area contributed by atoms with Gasteiger partial charge in [0.1, 0.15) is 12.4 Å². The van der Waals surface area contributed by atoms with E-state index >= 15 is 0 Å². The molecule has 1 saturated carbocycles. The number of amides is 1. The summed E-state index contributed by atoms with van der Waals surface area (Å²) < 4.78 is 23.7. The van der Waals surface area contributed by atoms with Crippen LogP contribution >= 0.6 is 0 Å². The third kappa shape index (κ3) is 7.97. The Balaban J connectivity index is 1.27. The molecular formula is C32H45N3O5. The number of hydrogen-bond donors (Lipinski definition) is 2. The Hall–Kier alpha value is -2.65. The predicted octanol–water partition coefficient (Wildman–Crippen LogP) is 3.87. The molecule has 2 heterocycles. The molecule has 1 saturated heterocycles. The van der Waals surface area contributed by atoms with Gasteiger partial charge in [0.2, 0.25) is 5.91 Å². The van der Waals surface area contributed by atoms with Crippen LogP contribution in [-0.2, 0) is 32.2 Å². The van der Waals surface area contributed by atoms with Crippen LogP contribution in [0.5, 0.6) is 5.75 Å². The largest absolute Gasteiger partial charge is 0.490 e. The van der Waals surface area contributed by atoms with E-state index in [1.807, 2.05) is 0 Å². The molecule has 0 spiro atoms.